The molecule has 0 aliphatic heterocycles. The predicted octanol–water partition coefficient (Wildman–Crippen LogP) is -0.357. The first-order chi connectivity index (χ1) is 6.63. The average Bonchev–Trinajstić information content (AvgIpc) is 2.16. The van der Waals surface area contributed by atoms with Crippen LogP contribution in [0.25, 0.3) is 0 Å². The number of pyridine rings is 1. The lowest BCUT2D eigenvalue weighted by atomic mass is 10.2. The van der Waals surface area contributed by atoms with Crippen molar-refractivity contribution in [3.63, 3.8) is 0 Å². The van der Waals surface area contributed by atoms with Crippen LogP contribution in [-0.4, -0.2) is 16.8 Å². The molecule has 2 amide bonds. The van der Waals surface area contributed by atoms with Gasteiger partial charge in [-0.3, -0.25) is 20.0 Å². The first kappa shape index (κ1) is 10.1. The number of hydrogen-bond acceptors (Lipinski definition) is 4. The molecule has 0 fully saturated rings. The molecule has 0 spiro atoms. The van der Waals surface area contributed by atoms with E-state index < -0.39 is 5.91 Å². The third-order valence-electron chi connectivity index (χ3n) is 1.45. The van der Waals surface area contributed by atoms with Gasteiger partial charge in [0.15, 0.2) is 0 Å². The number of nitrogens with one attached hydrogen (secondary N) is 2. The fourth-order valence-electron chi connectivity index (χ4n) is 0.919. The summed E-state index contributed by atoms with van der Waals surface area (Å²) in [5.74, 6) is 4.26. The van der Waals surface area contributed by atoms with Crippen molar-refractivity contribution in [2.75, 3.05) is 5.32 Å². The highest BCUT2D eigenvalue weighted by molar-refractivity contribution is 5.95. The number of nitrogens with two attached hydrogens (primary N) is 1. The number of anilines is 1. The number of amides is 2. The number of aromatic nitrogens is 1. The van der Waals surface area contributed by atoms with E-state index in [4.69, 9.17) is 5.84 Å². The Bertz CT molecular complexity index is 364. The molecule has 0 aliphatic carbocycles. The van der Waals surface area contributed by atoms with Gasteiger partial charge in [0, 0.05) is 13.1 Å². The lowest BCUT2D eigenvalue weighted by Crippen LogP contribution is -2.30. The van der Waals surface area contributed by atoms with Gasteiger partial charge in [0.2, 0.25) is 5.91 Å². The van der Waals surface area contributed by atoms with Gasteiger partial charge in [-0.2, -0.15) is 0 Å². The summed E-state index contributed by atoms with van der Waals surface area (Å²) in [4.78, 5) is 25.5. The highest BCUT2D eigenvalue weighted by Gasteiger charge is 2.04. The minimum Gasteiger partial charge on any atom is -0.325 e. The Morgan fingerprint density at radius 3 is 2.71 bits per heavy atom. The zero-order valence-electron chi connectivity index (χ0n) is 7.57. The highest BCUT2D eigenvalue weighted by atomic mass is 16.2. The van der Waals surface area contributed by atoms with E-state index >= 15 is 0 Å². The zero-order valence-corrected chi connectivity index (χ0v) is 7.57. The molecule has 74 valence electrons. The van der Waals surface area contributed by atoms with Gasteiger partial charge >= 0.3 is 0 Å². The van der Waals surface area contributed by atoms with Crippen molar-refractivity contribution in [2.45, 2.75) is 6.92 Å². The molecule has 0 aliphatic rings. The molecular weight excluding hydrogens is 184 g/mol. The van der Waals surface area contributed by atoms with Gasteiger partial charge in [0.1, 0.15) is 0 Å². The normalized spacial score (nSPS) is 9.29. The number of carbonyl (C=O) groups is 2. The lowest BCUT2D eigenvalue weighted by Gasteiger charge is -2.03. The Hall–Kier alpha value is -1.95. The van der Waals surface area contributed by atoms with Crippen LogP contribution >= 0.6 is 0 Å². The molecule has 1 rings (SSSR count). The number of rotatable bonds is 2. The molecular formula is C8H10N4O2. The lowest BCUT2D eigenvalue weighted by molar-refractivity contribution is -0.114. The summed E-state index contributed by atoms with van der Waals surface area (Å²) in [5.41, 5.74) is 2.72. The number of nitrogens with zero attached hydrogens (tertiary/aromatic N) is 1. The molecule has 0 atom stereocenters. The number of carbonyl (C=O) groups excluding carboxylic acids is 2. The Balaban J connectivity index is 2.89. The first-order valence-electron chi connectivity index (χ1n) is 3.87. The number of hydrazine groups is 1. The van der Waals surface area contributed by atoms with Crippen molar-refractivity contribution in [3.8, 4) is 0 Å². The van der Waals surface area contributed by atoms with Crippen molar-refractivity contribution in [1.82, 2.24) is 10.4 Å². The van der Waals surface area contributed by atoms with Gasteiger partial charge in [-0.05, 0) is 6.07 Å². The maximum atomic E-state index is 11.1. The third-order valence-corrected chi connectivity index (χ3v) is 1.45. The summed E-state index contributed by atoms with van der Waals surface area (Å²) in [6.45, 7) is 1.37. The predicted molar refractivity (Wildman–Crippen MR) is 50.2 cm³/mol. The summed E-state index contributed by atoms with van der Waals surface area (Å²) >= 11 is 0. The van der Waals surface area contributed by atoms with Crippen LogP contribution in [0.1, 0.15) is 17.3 Å². The van der Waals surface area contributed by atoms with Crippen molar-refractivity contribution in [3.05, 3.63) is 24.0 Å². The fraction of sp³-hybridized carbons (Fsp3) is 0.125. The quantitative estimate of drug-likeness (QED) is 0.340. The van der Waals surface area contributed by atoms with E-state index in [2.05, 4.69) is 10.3 Å². The Morgan fingerprint density at radius 2 is 2.14 bits per heavy atom. The van der Waals surface area contributed by atoms with Gasteiger partial charge in [0.25, 0.3) is 5.91 Å². The first-order valence-corrected chi connectivity index (χ1v) is 3.87. The van der Waals surface area contributed by atoms with Gasteiger partial charge in [-0.15, -0.1) is 0 Å². The zero-order chi connectivity index (χ0) is 10.6. The van der Waals surface area contributed by atoms with Crippen LogP contribution in [0.2, 0.25) is 0 Å². The standard InChI is InChI=1S/C8H10N4O2/c1-5(13)11-7-2-6(3-10-4-7)8(14)12-9/h2-4H,9H2,1H3,(H,11,13)(H,12,14). The van der Waals surface area contributed by atoms with Gasteiger partial charge < -0.3 is 5.32 Å². The molecule has 6 nitrogen and oxygen atoms in total. The monoisotopic (exact) mass is 194 g/mol. The molecule has 4 N–H and O–H groups in total. The number of nitrogen functional groups attached to an aromatic ring is 1. The summed E-state index contributed by atoms with van der Waals surface area (Å²) in [7, 11) is 0. The topological polar surface area (TPSA) is 97.1 Å². The second-order valence-electron chi connectivity index (χ2n) is 2.62. The fourth-order valence-corrected chi connectivity index (χ4v) is 0.919. The van der Waals surface area contributed by atoms with Crippen LogP contribution in [-0.2, 0) is 4.79 Å². The molecule has 1 aromatic heterocycles. The maximum Gasteiger partial charge on any atom is 0.266 e. The third kappa shape index (κ3) is 2.53. The molecule has 14 heavy (non-hydrogen) atoms. The minimum atomic E-state index is -0.454. The van der Waals surface area contributed by atoms with Gasteiger partial charge in [-0.1, -0.05) is 0 Å². The summed E-state index contributed by atoms with van der Waals surface area (Å²) in [6, 6.07) is 1.48. The smallest absolute Gasteiger partial charge is 0.266 e. The summed E-state index contributed by atoms with van der Waals surface area (Å²) in [5, 5.41) is 2.50. The van der Waals surface area contributed by atoms with Crippen LogP contribution in [0.4, 0.5) is 5.69 Å². The van der Waals surface area contributed by atoms with Crippen LogP contribution in [0.15, 0.2) is 18.5 Å². The SMILES string of the molecule is CC(=O)Nc1cncc(C(=O)NN)c1. The molecule has 6 heteroatoms. The molecule has 1 aromatic rings. The maximum absolute atomic E-state index is 11.1. The van der Waals surface area contributed by atoms with Crippen molar-refractivity contribution < 1.29 is 9.59 Å². The van der Waals surface area contributed by atoms with E-state index in [1.165, 1.54) is 25.4 Å². The number of hydrogen-bond donors (Lipinski definition) is 3. The molecule has 0 saturated heterocycles. The largest absolute Gasteiger partial charge is 0.325 e. The van der Waals surface area contributed by atoms with E-state index in [0.29, 0.717) is 11.3 Å². The van der Waals surface area contributed by atoms with E-state index in [9.17, 15) is 9.59 Å². The highest BCUT2D eigenvalue weighted by Crippen LogP contribution is 2.07. The van der Waals surface area contributed by atoms with E-state index in [1.54, 1.807) is 0 Å². The molecule has 1 heterocycles. The van der Waals surface area contributed by atoms with Gasteiger partial charge in [0.05, 0.1) is 17.4 Å². The van der Waals surface area contributed by atoms with Crippen LogP contribution in [0.5, 0.6) is 0 Å². The van der Waals surface area contributed by atoms with E-state index in [-0.39, 0.29) is 5.91 Å². The van der Waals surface area contributed by atoms with Crippen molar-refractivity contribution in [1.29, 1.82) is 0 Å². The Morgan fingerprint density at radius 1 is 1.43 bits per heavy atom. The summed E-state index contributed by atoms with van der Waals surface area (Å²) in [6.07, 6.45) is 2.79. The molecule has 0 radical (unpaired) electrons. The molecule has 0 aromatic carbocycles. The minimum absolute atomic E-state index is 0.225. The van der Waals surface area contributed by atoms with E-state index in [0.717, 1.165) is 0 Å². The molecule has 0 saturated carbocycles. The van der Waals surface area contributed by atoms with Gasteiger partial charge in [-0.25, -0.2) is 5.84 Å². The Labute approximate surface area is 80.5 Å². The second-order valence-corrected chi connectivity index (χ2v) is 2.62. The Kier molecular flexibility index (Phi) is 3.14. The van der Waals surface area contributed by atoms with Crippen LogP contribution in [0, 0.1) is 0 Å². The average molecular weight is 194 g/mol. The molecule has 0 bridgehead atoms. The van der Waals surface area contributed by atoms with Crippen LogP contribution < -0.4 is 16.6 Å². The van der Waals surface area contributed by atoms with Crippen molar-refractivity contribution >= 4 is 17.5 Å². The second kappa shape index (κ2) is 4.33. The van der Waals surface area contributed by atoms with Crippen LogP contribution in [0.3, 0.4) is 0 Å². The molecule has 0 unspecified atom stereocenters. The van der Waals surface area contributed by atoms with E-state index in [1.807, 2.05) is 5.43 Å². The van der Waals surface area contributed by atoms with Crippen molar-refractivity contribution in [2.24, 2.45) is 5.84 Å². The summed E-state index contributed by atoms with van der Waals surface area (Å²) < 4.78 is 0.